The number of anilines is 2. The number of ketones is 1. The second-order valence-electron chi connectivity index (χ2n) is 18.5. The SMILES string of the molecule is C=CC1C[C@]1(NC(=O)[C@@H]1C[C@@H](Oc2cc(-c3csc(NC(C)C)n3)nc3cc(OC)ccc23)CN1C(=O)[C@@H](NC(=O)N[C@H](C(=O)c1ccc(N(C)C)cc1)C(C)C)C(C)(C)C)C(=O)O. The van der Waals surface area contributed by atoms with E-state index in [0.29, 0.717) is 39.4 Å². The van der Waals surface area contributed by atoms with E-state index in [4.69, 9.17) is 19.4 Å². The number of aromatic nitrogens is 2. The maximum absolute atomic E-state index is 14.9. The number of hydrogen-bond donors (Lipinski definition) is 5. The Morgan fingerprint density at radius 1 is 1.00 bits per heavy atom. The first-order chi connectivity index (χ1) is 30.1. The van der Waals surface area contributed by atoms with E-state index in [1.165, 1.54) is 22.3 Å². The lowest BCUT2D eigenvalue weighted by molar-refractivity contribution is -0.146. The number of aliphatic carboxylic acids is 1. The predicted molar refractivity (Wildman–Crippen MR) is 248 cm³/mol. The van der Waals surface area contributed by atoms with Gasteiger partial charge in [-0.2, -0.15) is 0 Å². The van der Waals surface area contributed by atoms with Gasteiger partial charge >= 0.3 is 12.0 Å². The Balaban J connectivity index is 1.31. The van der Waals surface area contributed by atoms with Crippen molar-refractivity contribution < 1.29 is 38.6 Å². The number of carbonyl (C=O) groups excluding carboxylic acids is 4. The standard InChI is InChI=1S/C47H60N8O8S/c1-12-28-22-47(28,43(59)60)53-41(57)36-20-31(63-37-21-34(35-24-64-45(50-35)48-26(4)5)49-33-19-30(62-11)17-18-32(33)37)23-55(36)42(58)40(46(6,7)8)52-44(61)51-38(25(2)3)39(56)27-13-15-29(16-14-27)54(9)10/h12-19,21,24-26,28,31,36,38,40H,1,20,22-23H2,2-11H3,(H,48,50)(H,53,57)(H,59,60)(H2,51,52,61)/t28?,31-,36+,38+,40-,47-/m1/s1. The highest BCUT2D eigenvalue weighted by molar-refractivity contribution is 7.14. The molecule has 64 heavy (non-hydrogen) atoms. The number of ether oxygens (including phenoxy) is 2. The highest BCUT2D eigenvalue weighted by Crippen LogP contribution is 2.45. The number of nitrogens with one attached hydrogen (secondary N) is 4. The summed E-state index contributed by atoms with van der Waals surface area (Å²) in [5.41, 5.74) is 0.588. The summed E-state index contributed by atoms with van der Waals surface area (Å²) in [5, 5.41) is 25.2. The summed E-state index contributed by atoms with van der Waals surface area (Å²) in [7, 11) is 5.36. The minimum Gasteiger partial charge on any atom is -0.497 e. The van der Waals surface area contributed by atoms with Crippen LogP contribution in [-0.2, 0) is 14.4 Å². The van der Waals surface area contributed by atoms with Gasteiger partial charge in [-0.1, -0.05) is 40.7 Å². The molecule has 6 rings (SSSR count). The lowest BCUT2D eigenvalue weighted by Gasteiger charge is -2.36. The molecule has 4 aromatic rings. The van der Waals surface area contributed by atoms with Gasteiger partial charge < -0.3 is 45.6 Å². The first-order valence-corrected chi connectivity index (χ1v) is 22.3. The van der Waals surface area contributed by atoms with Crippen molar-refractivity contribution in [3.8, 4) is 22.9 Å². The largest absolute Gasteiger partial charge is 0.497 e. The molecule has 342 valence electrons. The zero-order valence-corrected chi connectivity index (χ0v) is 39.0. The molecular weight excluding hydrogens is 837 g/mol. The van der Waals surface area contributed by atoms with E-state index in [-0.39, 0.29) is 37.1 Å². The Morgan fingerprint density at radius 2 is 1.70 bits per heavy atom. The molecule has 0 radical (unpaired) electrons. The number of benzene rings is 2. The van der Waals surface area contributed by atoms with Gasteiger partial charge in [0, 0.05) is 66.6 Å². The molecule has 5 N–H and O–H groups in total. The van der Waals surface area contributed by atoms with Crippen LogP contribution in [0.2, 0.25) is 0 Å². The van der Waals surface area contributed by atoms with E-state index >= 15 is 0 Å². The van der Waals surface area contributed by atoms with Crippen LogP contribution in [0.15, 0.2) is 66.6 Å². The molecule has 2 aliphatic rings. The quantitative estimate of drug-likeness (QED) is 0.0580. The molecule has 6 atom stereocenters. The van der Waals surface area contributed by atoms with Crippen LogP contribution in [0.5, 0.6) is 11.5 Å². The zero-order valence-electron chi connectivity index (χ0n) is 38.1. The summed E-state index contributed by atoms with van der Waals surface area (Å²) in [6, 6.07) is 10.4. The van der Waals surface area contributed by atoms with Crippen LogP contribution < -0.4 is 35.6 Å². The van der Waals surface area contributed by atoms with Crippen molar-refractivity contribution in [2.75, 3.05) is 38.0 Å². The molecule has 17 heteroatoms. The number of amides is 4. The van der Waals surface area contributed by atoms with Gasteiger partial charge in [-0.15, -0.1) is 17.9 Å². The van der Waals surface area contributed by atoms with Crippen LogP contribution in [0, 0.1) is 17.3 Å². The number of carboxylic acids is 1. The number of fused-ring (bicyclic) bond motifs is 1. The summed E-state index contributed by atoms with van der Waals surface area (Å²) in [6.45, 7) is 16.7. The second kappa shape index (κ2) is 18.9. The topological polar surface area (TPSA) is 204 Å². The molecule has 1 aliphatic carbocycles. The molecule has 1 unspecified atom stereocenters. The molecule has 2 aromatic carbocycles. The van der Waals surface area contributed by atoms with Crippen LogP contribution in [0.1, 0.15) is 71.7 Å². The van der Waals surface area contributed by atoms with E-state index in [2.05, 4.69) is 27.8 Å². The number of hydrogen-bond acceptors (Lipinski definition) is 12. The fourth-order valence-electron chi connectivity index (χ4n) is 7.88. The molecule has 1 saturated carbocycles. The highest BCUT2D eigenvalue weighted by Gasteiger charge is 2.61. The van der Waals surface area contributed by atoms with Crippen LogP contribution in [0.3, 0.4) is 0 Å². The maximum atomic E-state index is 14.9. The molecule has 0 bridgehead atoms. The highest BCUT2D eigenvalue weighted by atomic mass is 32.1. The van der Waals surface area contributed by atoms with Crippen molar-refractivity contribution >= 4 is 62.7 Å². The Kier molecular flexibility index (Phi) is 13.9. The van der Waals surface area contributed by atoms with Gasteiger partial charge in [-0.05, 0) is 68.0 Å². The second-order valence-corrected chi connectivity index (χ2v) is 19.3. The summed E-state index contributed by atoms with van der Waals surface area (Å²) >= 11 is 1.44. The molecule has 3 heterocycles. The lowest BCUT2D eigenvalue weighted by Crippen LogP contribution is -2.61. The predicted octanol–water partition coefficient (Wildman–Crippen LogP) is 6.37. The molecular formula is C47H60N8O8S. The lowest BCUT2D eigenvalue weighted by atomic mass is 9.85. The molecule has 1 aliphatic heterocycles. The van der Waals surface area contributed by atoms with Gasteiger partial charge in [0.15, 0.2) is 10.9 Å². The van der Waals surface area contributed by atoms with Crippen molar-refractivity contribution in [2.45, 2.75) is 97.1 Å². The van der Waals surface area contributed by atoms with Crippen LogP contribution >= 0.6 is 11.3 Å². The van der Waals surface area contributed by atoms with Gasteiger partial charge in [0.25, 0.3) is 0 Å². The summed E-state index contributed by atoms with van der Waals surface area (Å²) in [6.07, 6.45) is 0.885. The van der Waals surface area contributed by atoms with E-state index in [9.17, 15) is 29.1 Å². The van der Waals surface area contributed by atoms with Gasteiger partial charge in [-0.25, -0.2) is 19.6 Å². The van der Waals surface area contributed by atoms with Gasteiger partial charge in [0.2, 0.25) is 11.8 Å². The number of nitrogens with zero attached hydrogens (tertiary/aromatic N) is 4. The van der Waals surface area contributed by atoms with E-state index in [1.54, 1.807) is 58.2 Å². The summed E-state index contributed by atoms with van der Waals surface area (Å²) < 4.78 is 12.2. The van der Waals surface area contributed by atoms with Gasteiger partial charge in [-0.3, -0.25) is 14.4 Å². The third-order valence-corrected chi connectivity index (χ3v) is 12.4. The minimum atomic E-state index is -1.56. The van der Waals surface area contributed by atoms with Crippen molar-refractivity contribution in [2.24, 2.45) is 17.3 Å². The number of pyridine rings is 1. The molecule has 1 saturated heterocycles. The third kappa shape index (κ3) is 10.2. The number of Topliss-reactive ketones (excluding diaryl/α,β-unsaturated/α-hetero) is 1. The van der Waals surface area contributed by atoms with Crippen molar-refractivity contribution in [3.05, 3.63) is 72.1 Å². The number of likely N-dealkylation sites (tertiary alicyclic amines) is 1. The van der Waals surface area contributed by atoms with Crippen molar-refractivity contribution in [3.63, 3.8) is 0 Å². The number of thiazole rings is 1. The summed E-state index contributed by atoms with van der Waals surface area (Å²) in [5.74, 6) is -2.55. The number of urea groups is 1. The smallest absolute Gasteiger partial charge is 0.330 e. The van der Waals surface area contributed by atoms with E-state index in [0.717, 1.165) is 10.8 Å². The molecule has 0 spiro atoms. The average molecular weight is 897 g/mol. The molecule has 16 nitrogen and oxygen atoms in total. The normalized spacial score (nSPS) is 20.3. The molecule has 4 amide bonds. The van der Waals surface area contributed by atoms with Crippen molar-refractivity contribution in [1.29, 1.82) is 0 Å². The number of rotatable bonds is 17. The number of carboxylic acid groups (broad SMARTS) is 1. The van der Waals surface area contributed by atoms with Crippen LogP contribution in [0.4, 0.5) is 15.6 Å². The molecule has 2 aromatic heterocycles. The van der Waals surface area contributed by atoms with Crippen LogP contribution in [-0.4, -0.2) is 113 Å². The van der Waals surface area contributed by atoms with E-state index < -0.39 is 64.9 Å². The first kappa shape index (κ1) is 47.3. The van der Waals surface area contributed by atoms with Gasteiger partial charge in [0.1, 0.15) is 40.9 Å². The average Bonchev–Trinajstić information content (AvgIpc) is 3.51. The fourth-order valence-corrected chi connectivity index (χ4v) is 8.73. The maximum Gasteiger partial charge on any atom is 0.330 e. The molecule has 2 fully saturated rings. The number of carbonyl (C=O) groups is 5. The van der Waals surface area contributed by atoms with Crippen molar-refractivity contribution in [1.82, 2.24) is 30.8 Å². The first-order valence-electron chi connectivity index (χ1n) is 21.4. The van der Waals surface area contributed by atoms with Crippen LogP contribution in [0.25, 0.3) is 22.3 Å². The third-order valence-electron chi connectivity index (χ3n) is 11.6. The Bertz CT molecular complexity index is 2410. The zero-order chi connectivity index (χ0) is 46.8. The van der Waals surface area contributed by atoms with E-state index in [1.807, 2.05) is 70.3 Å². The monoisotopic (exact) mass is 896 g/mol. The van der Waals surface area contributed by atoms with Gasteiger partial charge in [0.05, 0.1) is 30.9 Å². The Morgan fingerprint density at radius 3 is 2.28 bits per heavy atom. The minimum absolute atomic E-state index is 0.0000865. The summed E-state index contributed by atoms with van der Waals surface area (Å²) in [4.78, 5) is 82.3. The fraction of sp³-hybridized carbons (Fsp3) is 0.468. The number of methoxy groups -OCH3 is 1. The Labute approximate surface area is 378 Å². The Hall–Kier alpha value is -6.23.